The van der Waals surface area contributed by atoms with E-state index in [9.17, 15) is 4.39 Å². The van der Waals surface area contributed by atoms with E-state index in [-0.39, 0.29) is 5.82 Å². The van der Waals surface area contributed by atoms with Crippen LogP contribution in [0.2, 0.25) is 0 Å². The number of thiophene rings is 1. The van der Waals surface area contributed by atoms with Gasteiger partial charge in [-0.2, -0.15) is 0 Å². The van der Waals surface area contributed by atoms with Crippen molar-refractivity contribution < 1.29 is 9.13 Å². The van der Waals surface area contributed by atoms with Crippen LogP contribution in [0.1, 0.15) is 10.4 Å². The molecule has 0 saturated heterocycles. The number of rotatable bonds is 4. The van der Waals surface area contributed by atoms with Crippen molar-refractivity contribution >= 4 is 27.3 Å². The SMILES string of the molecule is Fc1ccccc1COCc1sccc1Br. The van der Waals surface area contributed by atoms with Crippen LogP contribution in [0.5, 0.6) is 0 Å². The molecule has 0 bridgehead atoms. The Morgan fingerprint density at radius 2 is 2.00 bits per heavy atom. The maximum absolute atomic E-state index is 13.2. The van der Waals surface area contributed by atoms with Gasteiger partial charge >= 0.3 is 0 Å². The van der Waals surface area contributed by atoms with E-state index in [0.29, 0.717) is 18.8 Å². The molecule has 0 aliphatic heterocycles. The Labute approximate surface area is 106 Å². The van der Waals surface area contributed by atoms with Gasteiger partial charge in [0.15, 0.2) is 0 Å². The highest BCUT2D eigenvalue weighted by molar-refractivity contribution is 9.10. The predicted molar refractivity (Wildman–Crippen MR) is 66.9 cm³/mol. The standard InChI is InChI=1S/C12H10BrFOS/c13-10-5-6-16-12(10)8-15-7-9-3-1-2-4-11(9)14/h1-6H,7-8H2. The van der Waals surface area contributed by atoms with Gasteiger partial charge in [0.05, 0.1) is 13.2 Å². The fourth-order valence-corrected chi connectivity index (χ4v) is 2.70. The summed E-state index contributed by atoms with van der Waals surface area (Å²) in [4.78, 5) is 1.12. The Hall–Kier alpha value is -0.710. The molecule has 0 radical (unpaired) electrons. The molecule has 16 heavy (non-hydrogen) atoms. The highest BCUT2D eigenvalue weighted by Crippen LogP contribution is 2.23. The average molecular weight is 301 g/mol. The fraction of sp³-hybridized carbons (Fsp3) is 0.167. The molecule has 0 amide bonds. The highest BCUT2D eigenvalue weighted by atomic mass is 79.9. The molecule has 1 heterocycles. The van der Waals surface area contributed by atoms with E-state index >= 15 is 0 Å². The fourth-order valence-electron chi connectivity index (χ4n) is 1.30. The molecule has 0 aliphatic carbocycles. The van der Waals surface area contributed by atoms with Crippen LogP contribution in [0, 0.1) is 5.82 Å². The van der Waals surface area contributed by atoms with Crippen LogP contribution in [0.15, 0.2) is 40.2 Å². The molecular formula is C12H10BrFOS. The van der Waals surface area contributed by atoms with Crippen molar-refractivity contribution in [2.75, 3.05) is 0 Å². The van der Waals surface area contributed by atoms with Crippen molar-refractivity contribution in [2.24, 2.45) is 0 Å². The Bertz CT molecular complexity index is 470. The van der Waals surface area contributed by atoms with Gasteiger partial charge in [-0.15, -0.1) is 11.3 Å². The lowest BCUT2D eigenvalue weighted by Gasteiger charge is -2.04. The monoisotopic (exact) mass is 300 g/mol. The maximum atomic E-state index is 13.2. The van der Waals surface area contributed by atoms with E-state index in [2.05, 4.69) is 15.9 Å². The highest BCUT2D eigenvalue weighted by Gasteiger charge is 2.03. The lowest BCUT2D eigenvalue weighted by molar-refractivity contribution is 0.106. The molecule has 2 rings (SSSR count). The van der Waals surface area contributed by atoms with Crippen molar-refractivity contribution in [2.45, 2.75) is 13.2 Å². The first-order valence-corrected chi connectivity index (χ1v) is 6.47. The van der Waals surface area contributed by atoms with Crippen LogP contribution in [-0.4, -0.2) is 0 Å². The van der Waals surface area contributed by atoms with E-state index in [0.717, 1.165) is 9.35 Å². The summed E-state index contributed by atoms with van der Waals surface area (Å²) in [5.74, 6) is -0.215. The van der Waals surface area contributed by atoms with Crippen LogP contribution in [0.25, 0.3) is 0 Å². The third kappa shape index (κ3) is 2.90. The zero-order valence-electron chi connectivity index (χ0n) is 8.45. The van der Waals surface area contributed by atoms with Crippen molar-refractivity contribution in [3.8, 4) is 0 Å². The Balaban J connectivity index is 1.89. The average Bonchev–Trinajstić information content (AvgIpc) is 2.67. The van der Waals surface area contributed by atoms with Gasteiger partial charge in [0, 0.05) is 14.9 Å². The Morgan fingerprint density at radius 3 is 2.69 bits per heavy atom. The molecule has 0 N–H and O–H groups in total. The van der Waals surface area contributed by atoms with E-state index in [4.69, 9.17) is 4.74 Å². The first-order chi connectivity index (χ1) is 7.77. The second-order valence-corrected chi connectivity index (χ2v) is 5.13. The van der Waals surface area contributed by atoms with Crippen molar-refractivity contribution in [1.82, 2.24) is 0 Å². The van der Waals surface area contributed by atoms with Gasteiger partial charge in [0.2, 0.25) is 0 Å². The lowest BCUT2D eigenvalue weighted by Crippen LogP contribution is -1.95. The molecule has 0 spiro atoms. The summed E-state index contributed by atoms with van der Waals surface area (Å²) < 4.78 is 19.8. The minimum Gasteiger partial charge on any atom is -0.371 e. The summed E-state index contributed by atoms with van der Waals surface area (Å²) in [5.41, 5.74) is 0.593. The first kappa shape index (κ1) is 11.8. The minimum absolute atomic E-state index is 0.215. The number of hydrogen-bond donors (Lipinski definition) is 0. The number of ether oxygens (including phenoxy) is 1. The molecule has 0 unspecified atom stereocenters. The predicted octanol–water partition coefficient (Wildman–Crippen LogP) is 4.37. The van der Waals surface area contributed by atoms with Crippen LogP contribution >= 0.6 is 27.3 Å². The third-order valence-electron chi connectivity index (χ3n) is 2.14. The topological polar surface area (TPSA) is 9.23 Å². The molecule has 0 saturated carbocycles. The van der Waals surface area contributed by atoms with Gasteiger partial charge in [-0.3, -0.25) is 0 Å². The first-order valence-electron chi connectivity index (χ1n) is 4.80. The largest absolute Gasteiger partial charge is 0.371 e. The van der Waals surface area contributed by atoms with Crippen molar-refractivity contribution in [1.29, 1.82) is 0 Å². The van der Waals surface area contributed by atoms with Crippen molar-refractivity contribution in [3.63, 3.8) is 0 Å². The van der Waals surface area contributed by atoms with E-state index < -0.39 is 0 Å². The quantitative estimate of drug-likeness (QED) is 0.815. The van der Waals surface area contributed by atoms with Gasteiger partial charge in [-0.1, -0.05) is 18.2 Å². The van der Waals surface area contributed by atoms with E-state index in [1.807, 2.05) is 17.5 Å². The van der Waals surface area contributed by atoms with E-state index in [1.165, 1.54) is 6.07 Å². The second-order valence-electron chi connectivity index (χ2n) is 3.28. The second kappa shape index (κ2) is 5.57. The number of benzene rings is 1. The Kier molecular flexibility index (Phi) is 4.09. The minimum atomic E-state index is -0.215. The summed E-state index contributed by atoms with van der Waals surface area (Å²) in [6, 6.07) is 8.64. The normalized spacial score (nSPS) is 10.6. The zero-order chi connectivity index (χ0) is 11.4. The van der Waals surface area contributed by atoms with Crippen LogP contribution in [0.3, 0.4) is 0 Å². The molecule has 0 atom stereocenters. The molecule has 0 fully saturated rings. The molecule has 1 aromatic heterocycles. The zero-order valence-corrected chi connectivity index (χ0v) is 10.9. The van der Waals surface area contributed by atoms with Gasteiger partial charge in [0.25, 0.3) is 0 Å². The molecule has 0 aliphatic rings. The number of hydrogen-bond acceptors (Lipinski definition) is 2. The van der Waals surface area contributed by atoms with Gasteiger partial charge < -0.3 is 4.74 Å². The molecule has 1 aromatic carbocycles. The van der Waals surface area contributed by atoms with Crippen LogP contribution in [-0.2, 0) is 18.0 Å². The van der Waals surface area contributed by atoms with Gasteiger partial charge in [0.1, 0.15) is 5.82 Å². The summed E-state index contributed by atoms with van der Waals surface area (Å²) >= 11 is 5.05. The maximum Gasteiger partial charge on any atom is 0.128 e. The Morgan fingerprint density at radius 1 is 1.19 bits per heavy atom. The third-order valence-corrected chi connectivity index (χ3v) is 4.04. The van der Waals surface area contributed by atoms with Crippen LogP contribution < -0.4 is 0 Å². The molecule has 84 valence electrons. The smallest absolute Gasteiger partial charge is 0.128 e. The lowest BCUT2D eigenvalue weighted by atomic mass is 10.2. The molecule has 2 aromatic rings. The molecule has 4 heteroatoms. The number of halogens is 2. The summed E-state index contributed by atoms with van der Waals surface area (Å²) in [6.07, 6.45) is 0. The summed E-state index contributed by atoms with van der Waals surface area (Å²) in [5, 5.41) is 1.99. The van der Waals surface area contributed by atoms with Crippen LogP contribution in [0.4, 0.5) is 4.39 Å². The summed E-state index contributed by atoms with van der Waals surface area (Å²) in [6.45, 7) is 0.809. The van der Waals surface area contributed by atoms with Gasteiger partial charge in [-0.25, -0.2) is 4.39 Å². The summed E-state index contributed by atoms with van der Waals surface area (Å²) in [7, 11) is 0. The molecular weight excluding hydrogens is 291 g/mol. The molecule has 1 nitrogen and oxygen atoms in total. The van der Waals surface area contributed by atoms with Crippen molar-refractivity contribution in [3.05, 3.63) is 56.4 Å². The van der Waals surface area contributed by atoms with E-state index in [1.54, 1.807) is 23.5 Å². The van der Waals surface area contributed by atoms with Gasteiger partial charge in [-0.05, 0) is 33.4 Å².